The van der Waals surface area contributed by atoms with Gasteiger partial charge in [0.2, 0.25) is 0 Å². The fraction of sp³-hybridized carbons (Fsp3) is 0.474. The van der Waals surface area contributed by atoms with Gasteiger partial charge in [0.05, 0.1) is 11.4 Å². The fourth-order valence-corrected chi connectivity index (χ4v) is 3.79. The third-order valence-corrected chi connectivity index (χ3v) is 5.10. The number of rotatable bonds is 3. The van der Waals surface area contributed by atoms with Gasteiger partial charge in [0, 0.05) is 19.2 Å². The van der Waals surface area contributed by atoms with Crippen molar-refractivity contribution in [2.24, 2.45) is 0 Å². The highest BCUT2D eigenvalue weighted by Crippen LogP contribution is 2.41. The second kappa shape index (κ2) is 5.47. The molecule has 4 rings (SSSR count). The summed E-state index contributed by atoms with van der Waals surface area (Å²) in [5.74, 6) is 0.993. The summed E-state index contributed by atoms with van der Waals surface area (Å²) in [6, 6.07) is 12.7. The summed E-state index contributed by atoms with van der Waals surface area (Å²) in [5, 5.41) is 0. The van der Waals surface area contributed by atoms with Gasteiger partial charge >= 0.3 is 0 Å². The molecule has 2 aromatic rings. The van der Waals surface area contributed by atoms with Crippen LogP contribution in [0, 0.1) is 0 Å². The lowest BCUT2D eigenvalue weighted by Gasteiger charge is -2.39. The summed E-state index contributed by atoms with van der Waals surface area (Å²) >= 11 is 0. The van der Waals surface area contributed by atoms with Gasteiger partial charge in [-0.2, -0.15) is 0 Å². The van der Waals surface area contributed by atoms with E-state index in [-0.39, 0.29) is 5.60 Å². The molecule has 1 saturated heterocycles. The van der Waals surface area contributed by atoms with Crippen LogP contribution in [0.5, 0.6) is 5.75 Å². The number of piperidine rings is 1. The maximum atomic E-state index is 6.45. The van der Waals surface area contributed by atoms with Gasteiger partial charge in [0.25, 0.3) is 0 Å². The number of nitrogens with zero attached hydrogens (tertiary/aromatic N) is 2. The van der Waals surface area contributed by atoms with Crippen molar-refractivity contribution in [1.82, 2.24) is 9.47 Å². The number of benzene rings is 1. The average molecular weight is 296 g/mol. The van der Waals surface area contributed by atoms with Crippen LogP contribution in [0.2, 0.25) is 0 Å². The van der Waals surface area contributed by atoms with Crippen LogP contribution >= 0.6 is 0 Å². The molecule has 0 amide bonds. The van der Waals surface area contributed by atoms with Crippen molar-refractivity contribution in [2.45, 2.75) is 38.2 Å². The minimum absolute atomic E-state index is 0.241. The topological polar surface area (TPSA) is 17.4 Å². The highest BCUT2D eigenvalue weighted by atomic mass is 16.5. The SMILES string of the molecule is CC1(CCN2CCCCC2)Oc2ccccc2-n2cccc21. The molecular weight excluding hydrogens is 272 g/mol. The molecule has 3 heterocycles. The van der Waals surface area contributed by atoms with Crippen molar-refractivity contribution in [2.75, 3.05) is 19.6 Å². The Bertz CT molecular complexity index is 657. The first-order valence-electron chi connectivity index (χ1n) is 8.45. The van der Waals surface area contributed by atoms with E-state index < -0.39 is 0 Å². The molecule has 1 fully saturated rings. The number of hydrogen-bond acceptors (Lipinski definition) is 2. The average Bonchev–Trinajstić information content (AvgIpc) is 3.05. The van der Waals surface area contributed by atoms with E-state index in [1.165, 1.54) is 38.0 Å². The minimum atomic E-state index is -0.241. The summed E-state index contributed by atoms with van der Waals surface area (Å²) < 4.78 is 8.73. The molecular formula is C19H24N2O. The standard InChI is InChI=1S/C19H24N2O/c1-19(11-15-20-12-5-2-6-13-20)18-10-7-14-21(18)16-8-3-4-9-17(16)22-19/h3-4,7-10,14H,2,5-6,11-13,15H2,1H3. The van der Waals surface area contributed by atoms with Gasteiger partial charge in [-0.05, 0) is 57.1 Å². The second-order valence-electron chi connectivity index (χ2n) is 6.72. The van der Waals surface area contributed by atoms with Crippen LogP contribution < -0.4 is 4.74 Å². The van der Waals surface area contributed by atoms with E-state index in [0.717, 1.165) is 24.4 Å². The van der Waals surface area contributed by atoms with E-state index in [9.17, 15) is 0 Å². The molecule has 1 unspecified atom stereocenters. The Morgan fingerprint density at radius 1 is 1.05 bits per heavy atom. The molecule has 2 aliphatic heterocycles. The molecule has 3 nitrogen and oxygen atoms in total. The quantitative estimate of drug-likeness (QED) is 0.853. The Labute approximate surface area is 132 Å². The van der Waals surface area contributed by atoms with Crippen LogP contribution in [0.25, 0.3) is 5.69 Å². The van der Waals surface area contributed by atoms with Gasteiger partial charge < -0.3 is 14.2 Å². The van der Waals surface area contributed by atoms with E-state index in [4.69, 9.17) is 4.74 Å². The summed E-state index contributed by atoms with van der Waals surface area (Å²) in [6.45, 7) is 5.84. The minimum Gasteiger partial charge on any atom is -0.479 e. The second-order valence-corrected chi connectivity index (χ2v) is 6.72. The van der Waals surface area contributed by atoms with Crippen molar-refractivity contribution >= 4 is 0 Å². The van der Waals surface area contributed by atoms with Crippen LogP contribution in [0.3, 0.4) is 0 Å². The van der Waals surface area contributed by atoms with E-state index in [1.54, 1.807) is 0 Å². The number of para-hydroxylation sites is 2. The lowest BCUT2D eigenvalue weighted by Crippen LogP contribution is -2.40. The van der Waals surface area contributed by atoms with Gasteiger partial charge in [-0.1, -0.05) is 18.6 Å². The molecule has 0 N–H and O–H groups in total. The maximum absolute atomic E-state index is 6.45. The molecule has 0 saturated carbocycles. The summed E-state index contributed by atoms with van der Waals surface area (Å²) in [4.78, 5) is 2.59. The van der Waals surface area contributed by atoms with Crippen molar-refractivity contribution in [3.05, 3.63) is 48.3 Å². The first-order chi connectivity index (χ1) is 10.8. The summed E-state index contributed by atoms with van der Waals surface area (Å²) in [5.41, 5.74) is 2.18. The van der Waals surface area contributed by atoms with Crippen LogP contribution in [0.1, 0.15) is 38.3 Å². The predicted octanol–water partition coefficient (Wildman–Crippen LogP) is 3.96. The maximum Gasteiger partial charge on any atom is 0.148 e. The Kier molecular flexibility index (Phi) is 3.45. The normalized spacial score (nSPS) is 24.4. The van der Waals surface area contributed by atoms with E-state index in [2.05, 4.69) is 59.0 Å². The van der Waals surface area contributed by atoms with Crippen molar-refractivity contribution in [1.29, 1.82) is 0 Å². The molecule has 0 spiro atoms. The smallest absolute Gasteiger partial charge is 0.148 e. The Morgan fingerprint density at radius 3 is 2.73 bits per heavy atom. The first kappa shape index (κ1) is 13.9. The Morgan fingerprint density at radius 2 is 1.86 bits per heavy atom. The van der Waals surface area contributed by atoms with Gasteiger partial charge in [0.1, 0.15) is 11.4 Å². The number of ether oxygens (including phenoxy) is 1. The lowest BCUT2D eigenvalue weighted by molar-refractivity contribution is 0.0469. The molecule has 0 radical (unpaired) electrons. The number of aromatic nitrogens is 1. The van der Waals surface area contributed by atoms with Gasteiger partial charge in [-0.3, -0.25) is 0 Å². The van der Waals surface area contributed by atoms with Crippen molar-refractivity contribution in [3.63, 3.8) is 0 Å². The van der Waals surface area contributed by atoms with E-state index in [1.807, 2.05) is 0 Å². The molecule has 3 heteroatoms. The summed E-state index contributed by atoms with van der Waals surface area (Å²) in [7, 11) is 0. The lowest BCUT2D eigenvalue weighted by atomic mass is 9.94. The number of hydrogen-bond donors (Lipinski definition) is 0. The Balaban J connectivity index is 1.59. The van der Waals surface area contributed by atoms with Crippen LogP contribution in [0.15, 0.2) is 42.6 Å². The fourth-order valence-electron chi connectivity index (χ4n) is 3.79. The molecule has 1 aromatic carbocycles. The van der Waals surface area contributed by atoms with Gasteiger partial charge in [0.15, 0.2) is 0 Å². The zero-order valence-corrected chi connectivity index (χ0v) is 13.3. The monoisotopic (exact) mass is 296 g/mol. The Hall–Kier alpha value is -1.74. The van der Waals surface area contributed by atoms with Crippen LogP contribution in [-0.4, -0.2) is 29.1 Å². The molecule has 0 bridgehead atoms. The molecule has 1 atom stereocenters. The van der Waals surface area contributed by atoms with E-state index in [0.29, 0.717) is 0 Å². The molecule has 116 valence electrons. The molecule has 1 aromatic heterocycles. The first-order valence-corrected chi connectivity index (χ1v) is 8.45. The zero-order valence-electron chi connectivity index (χ0n) is 13.3. The molecule has 2 aliphatic rings. The summed E-state index contributed by atoms with van der Waals surface area (Å²) in [6.07, 6.45) is 7.26. The van der Waals surface area contributed by atoms with Crippen LogP contribution in [-0.2, 0) is 5.60 Å². The predicted molar refractivity (Wildman–Crippen MR) is 88.7 cm³/mol. The van der Waals surface area contributed by atoms with E-state index >= 15 is 0 Å². The third kappa shape index (κ3) is 2.34. The van der Waals surface area contributed by atoms with Crippen molar-refractivity contribution < 1.29 is 4.74 Å². The van der Waals surface area contributed by atoms with Crippen molar-refractivity contribution in [3.8, 4) is 11.4 Å². The van der Waals surface area contributed by atoms with Gasteiger partial charge in [-0.25, -0.2) is 0 Å². The highest BCUT2D eigenvalue weighted by Gasteiger charge is 2.36. The third-order valence-electron chi connectivity index (χ3n) is 5.10. The van der Waals surface area contributed by atoms with Gasteiger partial charge in [-0.15, -0.1) is 0 Å². The van der Waals surface area contributed by atoms with Crippen LogP contribution in [0.4, 0.5) is 0 Å². The highest BCUT2D eigenvalue weighted by molar-refractivity contribution is 5.51. The molecule has 22 heavy (non-hydrogen) atoms. The molecule has 0 aliphatic carbocycles. The number of fused-ring (bicyclic) bond motifs is 3. The zero-order chi connectivity index (χ0) is 15.0. The largest absolute Gasteiger partial charge is 0.479 e. The number of likely N-dealkylation sites (tertiary alicyclic amines) is 1.